The number of ether oxygens (including phenoxy) is 1. The predicted octanol–water partition coefficient (Wildman–Crippen LogP) is 3.05. The van der Waals surface area contributed by atoms with E-state index in [0.29, 0.717) is 13.2 Å². The summed E-state index contributed by atoms with van der Waals surface area (Å²) < 4.78 is 13.6. The van der Waals surface area contributed by atoms with Gasteiger partial charge < -0.3 is 13.7 Å². The van der Waals surface area contributed by atoms with Crippen LogP contribution in [0.4, 0.5) is 0 Å². The summed E-state index contributed by atoms with van der Waals surface area (Å²) in [5.74, 6) is 3.39. The first kappa shape index (κ1) is 16.9. The second-order valence-electron chi connectivity index (χ2n) is 6.40. The highest BCUT2D eigenvalue weighted by Gasteiger charge is 2.27. The molecule has 0 saturated heterocycles. The number of benzene rings is 1. The Morgan fingerprint density at radius 2 is 2.04 bits per heavy atom. The first-order valence-corrected chi connectivity index (χ1v) is 9.00. The molecule has 0 N–H and O–H groups in total. The van der Waals surface area contributed by atoms with Gasteiger partial charge in [-0.3, -0.25) is 4.90 Å². The Morgan fingerprint density at radius 3 is 2.85 bits per heavy atom. The molecule has 0 fully saturated rings. The van der Waals surface area contributed by atoms with Crippen molar-refractivity contribution in [3.8, 4) is 11.3 Å². The van der Waals surface area contributed by atoms with Crippen molar-refractivity contribution in [2.45, 2.75) is 39.6 Å². The zero-order valence-corrected chi connectivity index (χ0v) is 15.1. The molecule has 1 atom stereocenters. The van der Waals surface area contributed by atoms with E-state index in [0.717, 1.165) is 48.5 Å². The summed E-state index contributed by atoms with van der Waals surface area (Å²) >= 11 is 0. The van der Waals surface area contributed by atoms with Crippen LogP contribution in [0, 0.1) is 0 Å². The summed E-state index contributed by atoms with van der Waals surface area (Å²) in [6, 6.07) is 10.1. The average Bonchev–Trinajstić information content (AvgIpc) is 3.33. The van der Waals surface area contributed by atoms with Crippen molar-refractivity contribution in [2.24, 2.45) is 0 Å². The first-order valence-electron chi connectivity index (χ1n) is 9.00. The minimum absolute atomic E-state index is 0.0771. The number of hydrogen-bond acceptors (Lipinski definition) is 6. The number of aromatic nitrogens is 4. The van der Waals surface area contributed by atoms with Crippen LogP contribution in [0.5, 0.6) is 0 Å². The fraction of sp³-hybridized carbons (Fsp3) is 0.421. The number of hydrogen-bond donors (Lipinski definition) is 0. The van der Waals surface area contributed by atoms with Crippen molar-refractivity contribution < 1.29 is 9.15 Å². The van der Waals surface area contributed by atoms with Crippen molar-refractivity contribution in [1.29, 1.82) is 0 Å². The van der Waals surface area contributed by atoms with Crippen LogP contribution in [0.25, 0.3) is 11.3 Å². The molecule has 1 unspecified atom stereocenters. The van der Waals surface area contributed by atoms with Gasteiger partial charge in [0.05, 0.1) is 18.8 Å². The Morgan fingerprint density at radius 1 is 1.19 bits per heavy atom. The summed E-state index contributed by atoms with van der Waals surface area (Å²) in [7, 11) is 0. The molecule has 3 heterocycles. The lowest BCUT2D eigenvalue weighted by Crippen LogP contribution is -2.36. The van der Waals surface area contributed by atoms with E-state index in [2.05, 4.69) is 31.6 Å². The summed E-state index contributed by atoms with van der Waals surface area (Å²) in [5.41, 5.74) is 1.04. The molecule has 136 valence electrons. The van der Waals surface area contributed by atoms with E-state index >= 15 is 0 Å². The fourth-order valence-corrected chi connectivity index (χ4v) is 3.24. The number of rotatable bonds is 6. The van der Waals surface area contributed by atoms with Gasteiger partial charge in [0.1, 0.15) is 12.4 Å². The lowest BCUT2D eigenvalue weighted by Gasteiger charge is -2.31. The lowest BCUT2D eigenvalue weighted by atomic mass is 10.2. The van der Waals surface area contributed by atoms with E-state index in [9.17, 15) is 0 Å². The Bertz CT molecular complexity index is 858. The summed E-state index contributed by atoms with van der Waals surface area (Å²) in [6.07, 6.45) is 1.80. The molecule has 7 nitrogen and oxygen atoms in total. The van der Waals surface area contributed by atoms with Gasteiger partial charge in [0.2, 0.25) is 5.89 Å². The summed E-state index contributed by atoms with van der Waals surface area (Å²) in [6.45, 7) is 7.77. The molecule has 1 aliphatic rings. The van der Waals surface area contributed by atoms with E-state index in [1.165, 1.54) is 0 Å². The minimum Gasteiger partial charge on any atom is -0.439 e. The first-order chi connectivity index (χ1) is 12.8. The van der Waals surface area contributed by atoms with Gasteiger partial charge in [0, 0.05) is 25.3 Å². The number of nitrogens with zero attached hydrogens (tertiary/aromatic N) is 5. The molecule has 1 aliphatic heterocycles. The molecular weight excluding hydrogens is 330 g/mol. The van der Waals surface area contributed by atoms with Crippen molar-refractivity contribution in [3.05, 3.63) is 54.1 Å². The maximum Gasteiger partial charge on any atom is 0.211 e. The van der Waals surface area contributed by atoms with Crippen LogP contribution >= 0.6 is 0 Å². The Hall–Kier alpha value is -2.51. The summed E-state index contributed by atoms with van der Waals surface area (Å²) in [5, 5.41) is 8.60. The molecule has 0 bridgehead atoms. The van der Waals surface area contributed by atoms with Crippen LogP contribution in [0.3, 0.4) is 0 Å². The molecule has 4 rings (SSSR count). The van der Waals surface area contributed by atoms with Crippen LogP contribution in [0.15, 0.2) is 40.9 Å². The SMILES string of the molecule is CCOCc1nnc2n1CCN(C(C)c1ncc(-c3ccccc3)o1)C2. The molecule has 26 heavy (non-hydrogen) atoms. The third-order valence-electron chi connectivity index (χ3n) is 4.78. The molecule has 0 amide bonds. The van der Waals surface area contributed by atoms with Crippen LogP contribution in [-0.2, 0) is 24.4 Å². The standard InChI is InChI=1S/C19H23N5O2/c1-3-25-13-18-22-21-17-12-23(9-10-24(17)18)14(2)19-20-11-16(26-19)15-7-5-4-6-8-15/h4-8,11,14H,3,9-10,12-13H2,1-2H3. The van der Waals surface area contributed by atoms with Crippen LogP contribution in [0.2, 0.25) is 0 Å². The van der Waals surface area contributed by atoms with Crippen molar-refractivity contribution in [2.75, 3.05) is 13.2 Å². The minimum atomic E-state index is 0.0771. The third-order valence-corrected chi connectivity index (χ3v) is 4.78. The third kappa shape index (κ3) is 3.27. The Balaban J connectivity index is 1.47. The normalized spacial score (nSPS) is 15.8. The second kappa shape index (κ2) is 7.39. The van der Waals surface area contributed by atoms with E-state index in [-0.39, 0.29) is 6.04 Å². The molecule has 0 saturated carbocycles. The zero-order chi connectivity index (χ0) is 17.9. The monoisotopic (exact) mass is 353 g/mol. The molecular formula is C19H23N5O2. The summed E-state index contributed by atoms with van der Waals surface area (Å²) in [4.78, 5) is 6.81. The van der Waals surface area contributed by atoms with Gasteiger partial charge in [-0.05, 0) is 13.8 Å². The van der Waals surface area contributed by atoms with Gasteiger partial charge in [-0.15, -0.1) is 10.2 Å². The van der Waals surface area contributed by atoms with E-state index in [1.807, 2.05) is 37.3 Å². The lowest BCUT2D eigenvalue weighted by molar-refractivity contribution is 0.115. The topological polar surface area (TPSA) is 69.2 Å². The molecule has 3 aromatic rings. The van der Waals surface area contributed by atoms with E-state index in [1.54, 1.807) is 6.20 Å². The van der Waals surface area contributed by atoms with Crippen LogP contribution in [0.1, 0.15) is 37.4 Å². The van der Waals surface area contributed by atoms with Crippen molar-refractivity contribution in [1.82, 2.24) is 24.6 Å². The average molecular weight is 353 g/mol. The maximum atomic E-state index is 6.02. The molecule has 7 heteroatoms. The van der Waals surface area contributed by atoms with Gasteiger partial charge in [-0.25, -0.2) is 4.98 Å². The smallest absolute Gasteiger partial charge is 0.211 e. The number of oxazole rings is 1. The highest BCUT2D eigenvalue weighted by molar-refractivity contribution is 5.55. The molecule has 2 aromatic heterocycles. The molecule has 0 radical (unpaired) electrons. The predicted molar refractivity (Wildman–Crippen MR) is 96.1 cm³/mol. The van der Waals surface area contributed by atoms with Crippen LogP contribution in [-0.4, -0.2) is 37.8 Å². The van der Waals surface area contributed by atoms with Crippen LogP contribution < -0.4 is 0 Å². The highest BCUT2D eigenvalue weighted by Crippen LogP contribution is 2.28. The Labute approximate surface area is 152 Å². The number of fused-ring (bicyclic) bond motifs is 1. The highest BCUT2D eigenvalue weighted by atomic mass is 16.5. The molecule has 0 spiro atoms. The second-order valence-corrected chi connectivity index (χ2v) is 6.40. The van der Waals surface area contributed by atoms with Gasteiger partial charge in [-0.2, -0.15) is 0 Å². The van der Waals surface area contributed by atoms with E-state index in [4.69, 9.17) is 9.15 Å². The Kier molecular flexibility index (Phi) is 4.81. The van der Waals surface area contributed by atoms with Gasteiger partial charge in [0.25, 0.3) is 0 Å². The quantitative estimate of drug-likeness (QED) is 0.678. The largest absolute Gasteiger partial charge is 0.439 e. The molecule has 1 aromatic carbocycles. The van der Waals surface area contributed by atoms with Crippen molar-refractivity contribution >= 4 is 0 Å². The maximum absolute atomic E-state index is 6.02. The van der Waals surface area contributed by atoms with Crippen molar-refractivity contribution in [3.63, 3.8) is 0 Å². The zero-order valence-electron chi connectivity index (χ0n) is 15.1. The van der Waals surface area contributed by atoms with Gasteiger partial charge in [0.15, 0.2) is 11.6 Å². The fourth-order valence-electron chi connectivity index (χ4n) is 3.24. The van der Waals surface area contributed by atoms with Gasteiger partial charge in [-0.1, -0.05) is 30.3 Å². The molecule has 0 aliphatic carbocycles. The van der Waals surface area contributed by atoms with E-state index < -0.39 is 0 Å². The van der Waals surface area contributed by atoms with Gasteiger partial charge >= 0.3 is 0 Å².